The average Bonchev–Trinajstić information content (AvgIpc) is 3.03. The van der Waals surface area contributed by atoms with E-state index in [0.717, 1.165) is 16.7 Å². The molecule has 0 atom stereocenters. The number of nitrogens with zero attached hydrogens (tertiary/aromatic N) is 2. The van der Waals surface area contributed by atoms with Crippen molar-refractivity contribution in [1.82, 2.24) is 8.87 Å². The van der Waals surface area contributed by atoms with Crippen molar-refractivity contribution >= 4 is 26.9 Å². The van der Waals surface area contributed by atoms with Gasteiger partial charge in [0.15, 0.2) is 11.4 Å². The predicted molar refractivity (Wildman–Crippen MR) is 108 cm³/mol. The fourth-order valence-corrected chi connectivity index (χ4v) is 4.67. The molecule has 0 aliphatic rings. The molecule has 0 amide bonds. The molecule has 160 valence electrons. The van der Waals surface area contributed by atoms with Crippen molar-refractivity contribution in [2.45, 2.75) is 25.3 Å². The van der Waals surface area contributed by atoms with E-state index in [2.05, 4.69) is 0 Å². The average molecular weight is 436 g/mol. The van der Waals surface area contributed by atoms with Crippen LogP contribution < -0.4 is 10.5 Å². The molecular weight excluding hydrogens is 415 g/mol. The number of benzene rings is 2. The maximum absolute atomic E-state index is 13.6. The molecule has 8 nitrogen and oxygen atoms in total. The zero-order valence-electron chi connectivity index (χ0n) is 16.7. The maximum atomic E-state index is 13.6. The minimum Gasteiger partial charge on any atom is -0.496 e. The van der Waals surface area contributed by atoms with Gasteiger partial charge in [-0.15, -0.1) is 0 Å². The Morgan fingerprint density at radius 2 is 1.87 bits per heavy atom. The number of ether oxygens (including phenoxy) is 1. The van der Waals surface area contributed by atoms with E-state index in [1.807, 2.05) is 0 Å². The first-order valence-electron chi connectivity index (χ1n) is 9.23. The minimum absolute atomic E-state index is 0.0144. The molecule has 0 aliphatic heterocycles. The van der Waals surface area contributed by atoms with E-state index in [0.29, 0.717) is 13.1 Å². The Morgan fingerprint density at radius 1 is 1.17 bits per heavy atom. The summed E-state index contributed by atoms with van der Waals surface area (Å²) in [5.74, 6) is -1.83. The molecule has 0 N–H and O–H groups in total. The topological polar surface area (TPSA) is 98.8 Å². The van der Waals surface area contributed by atoms with Gasteiger partial charge >= 0.3 is 5.76 Å². The number of hydrogen-bond donors (Lipinski definition) is 0. The second-order valence-electron chi connectivity index (χ2n) is 6.44. The third kappa shape index (κ3) is 3.88. The second kappa shape index (κ2) is 8.41. The van der Waals surface area contributed by atoms with Gasteiger partial charge in [0, 0.05) is 19.2 Å². The van der Waals surface area contributed by atoms with E-state index < -0.39 is 33.9 Å². The smallest absolute Gasteiger partial charge is 0.420 e. The zero-order valence-corrected chi connectivity index (χ0v) is 17.5. The highest BCUT2D eigenvalue weighted by atomic mass is 32.2. The van der Waals surface area contributed by atoms with Crippen LogP contribution in [-0.4, -0.2) is 43.3 Å². The third-order valence-corrected chi connectivity index (χ3v) is 6.79. The van der Waals surface area contributed by atoms with Gasteiger partial charge in [0.1, 0.15) is 11.6 Å². The van der Waals surface area contributed by atoms with Gasteiger partial charge < -0.3 is 9.15 Å². The van der Waals surface area contributed by atoms with E-state index in [1.54, 1.807) is 13.8 Å². The van der Waals surface area contributed by atoms with Gasteiger partial charge in [0.2, 0.25) is 10.0 Å². The quantitative estimate of drug-likeness (QED) is 0.504. The van der Waals surface area contributed by atoms with Crippen LogP contribution in [0.2, 0.25) is 0 Å². The summed E-state index contributed by atoms with van der Waals surface area (Å²) in [5.41, 5.74) is 0.272. The number of oxazole rings is 1. The van der Waals surface area contributed by atoms with E-state index in [1.165, 1.54) is 35.7 Å². The fraction of sp³-hybridized carbons (Fsp3) is 0.300. The number of Topliss-reactive ketones (excluding diaryl/α,β-unsaturated/α-hetero) is 1. The molecule has 2 aromatic carbocycles. The number of hydrogen-bond acceptors (Lipinski definition) is 6. The van der Waals surface area contributed by atoms with Crippen LogP contribution in [0, 0.1) is 5.82 Å². The summed E-state index contributed by atoms with van der Waals surface area (Å²) in [7, 11) is -2.39. The first-order valence-corrected chi connectivity index (χ1v) is 10.7. The summed E-state index contributed by atoms with van der Waals surface area (Å²) in [6.45, 7) is 3.62. The maximum Gasteiger partial charge on any atom is 0.420 e. The number of carbonyl (C=O) groups is 1. The van der Waals surface area contributed by atoms with Crippen molar-refractivity contribution in [2.24, 2.45) is 0 Å². The van der Waals surface area contributed by atoms with Gasteiger partial charge in [0.05, 0.1) is 29.6 Å². The van der Waals surface area contributed by atoms with Crippen molar-refractivity contribution in [3.8, 4) is 5.75 Å². The summed E-state index contributed by atoms with van der Waals surface area (Å²) in [4.78, 5) is 25.0. The van der Waals surface area contributed by atoms with Gasteiger partial charge in [-0.3, -0.25) is 9.36 Å². The Morgan fingerprint density at radius 3 is 2.50 bits per heavy atom. The van der Waals surface area contributed by atoms with E-state index in [9.17, 15) is 22.4 Å². The molecule has 1 aromatic heterocycles. The molecule has 0 radical (unpaired) electrons. The van der Waals surface area contributed by atoms with Gasteiger partial charge in [-0.2, -0.15) is 4.31 Å². The van der Waals surface area contributed by atoms with Crippen LogP contribution in [0.4, 0.5) is 4.39 Å². The molecule has 0 saturated heterocycles. The van der Waals surface area contributed by atoms with Gasteiger partial charge in [-0.25, -0.2) is 17.6 Å². The van der Waals surface area contributed by atoms with Crippen LogP contribution >= 0.6 is 0 Å². The standard InChI is InChI=1S/C20H21FN2O6S/c1-4-22(5-2)30(26,27)14-7-8-16-19(11-14)29-20(25)23(16)12-17(24)15-10-13(21)6-9-18(15)28-3/h6-11H,4-5,12H2,1-3H3. The lowest BCUT2D eigenvalue weighted by atomic mass is 10.1. The van der Waals surface area contributed by atoms with Crippen LogP contribution in [0.1, 0.15) is 24.2 Å². The number of halogens is 1. The molecule has 0 spiro atoms. The zero-order chi connectivity index (χ0) is 22.1. The number of rotatable bonds is 8. The van der Waals surface area contributed by atoms with Crippen molar-refractivity contribution in [1.29, 1.82) is 0 Å². The summed E-state index contributed by atoms with van der Waals surface area (Å²) >= 11 is 0. The van der Waals surface area contributed by atoms with E-state index in [4.69, 9.17) is 9.15 Å². The Labute approximate surface area is 172 Å². The Kier molecular flexibility index (Phi) is 6.09. The number of aromatic nitrogens is 1. The normalized spacial score (nSPS) is 11.9. The second-order valence-corrected chi connectivity index (χ2v) is 8.38. The largest absolute Gasteiger partial charge is 0.496 e. The van der Waals surface area contributed by atoms with E-state index in [-0.39, 0.29) is 27.3 Å². The summed E-state index contributed by atoms with van der Waals surface area (Å²) < 4.78 is 51.6. The van der Waals surface area contributed by atoms with Crippen LogP contribution in [0.3, 0.4) is 0 Å². The molecule has 0 unspecified atom stereocenters. The van der Waals surface area contributed by atoms with Gasteiger partial charge in [-0.05, 0) is 30.3 Å². The molecule has 0 fully saturated rings. The SMILES string of the molecule is CCN(CC)S(=O)(=O)c1ccc2c(c1)oc(=O)n2CC(=O)c1cc(F)ccc1OC. The number of carbonyl (C=O) groups excluding carboxylic acids is 1. The summed E-state index contributed by atoms with van der Waals surface area (Å²) in [6.07, 6.45) is 0. The first-order chi connectivity index (χ1) is 14.2. The molecule has 10 heteroatoms. The molecule has 1 heterocycles. The van der Waals surface area contributed by atoms with Crippen molar-refractivity contribution < 1.29 is 26.8 Å². The predicted octanol–water partition coefficient (Wildman–Crippen LogP) is 2.66. The highest BCUT2D eigenvalue weighted by Gasteiger charge is 2.24. The summed E-state index contributed by atoms with van der Waals surface area (Å²) in [5, 5.41) is 0. The number of sulfonamides is 1. The first kappa shape index (κ1) is 21.7. The lowest BCUT2D eigenvalue weighted by molar-refractivity contribution is 0.0967. The van der Waals surface area contributed by atoms with Crippen LogP contribution in [-0.2, 0) is 16.6 Å². The molecule has 0 bridgehead atoms. The molecule has 30 heavy (non-hydrogen) atoms. The van der Waals surface area contributed by atoms with Crippen LogP contribution in [0.15, 0.2) is 50.5 Å². The Balaban J connectivity index is 2.01. The Hall–Kier alpha value is -2.98. The van der Waals surface area contributed by atoms with Gasteiger partial charge in [-0.1, -0.05) is 13.8 Å². The highest BCUT2D eigenvalue weighted by Crippen LogP contribution is 2.24. The molecule has 3 aromatic rings. The van der Waals surface area contributed by atoms with Crippen molar-refractivity contribution in [3.63, 3.8) is 0 Å². The number of methoxy groups -OCH3 is 1. The molecule has 0 saturated carbocycles. The highest BCUT2D eigenvalue weighted by molar-refractivity contribution is 7.89. The lowest BCUT2D eigenvalue weighted by Crippen LogP contribution is -2.30. The minimum atomic E-state index is -3.74. The van der Waals surface area contributed by atoms with Gasteiger partial charge in [0.25, 0.3) is 0 Å². The molecular formula is C20H21FN2O6S. The van der Waals surface area contributed by atoms with Crippen molar-refractivity contribution in [3.05, 3.63) is 58.3 Å². The Bertz CT molecular complexity index is 1260. The van der Waals surface area contributed by atoms with Crippen LogP contribution in [0.25, 0.3) is 11.1 Å². The third-order valence-electron chi connectivity index (χ3n) is 4.75. The molecule has 0 aliphatic carbocycles. The fourth-order valence-electron chi connectivity index (χ4n) is 3.20. The van der Waals surface area contributed by atoms with E-state index >= 15 is 0 Å². The van der Waals surface area contributed by atoms with Crippen LogP contribution in [0.5, 0.6) is 5.75 Å². The monoisotopic (exact) mass is 436 g/mol. The number of ketones is 1. The molecule has 3 rings (SSSR count). The lowest BCUT2D eigenvalue weighted by Gasteiger charge is -2.18. The number of fused-ring (bicyclic) bond motifs is 1. The van der Waals surface area contributed by atoms with Crippen molar-refractivity contribution in [2.75, 3.05) is 20.2 Å². The summed E-state index contributed by atoms with van der Waals surface area (Å²) in [6, 6.07) is 7.54.